The van der Waals surface area contributed by atoms with Gasteiger partial charge in [-0.15, -0.1) is 0 Å². The Kier molecular flexibility index (Phi) is 7.74. The van der Waals surface area contributed by atoms with E-state index in [1.54, 1.807) is 55.6 Å². The molecular weight excluding hydrogens is 446 g/mol. The van der Waals surface area contributed by atoms with E-state index < -0.39 is 23.6 Å². The van der Waals surface area contributed by atoms with Gasteiger partial charge in [-0.3, -0.25) is 9.59 Å². The number of halogens is 1. The van der Waals surface area contributed by atoms with Crippen LogP contribution >= 0.6 is 11.6 Å². The number of aliphatic carboxylic acids is 1. The van der Waals surface area contributed by atoms with E-state index in [-0.39, 0.29) is 18.7 Å². The Morgan fingerprint density at radius 3 is 2.45 bits per heavy atom. The Morgan fingerprint density at radius 2 is 1.82 bits per heavy atom. The van der Waals surface area contributed by atoms with Crippen LogP contribution in [0.25, 0.3) is 0 Å². The van der Waals surface area contributed by atoms with E-state index in [4.69, 9.17) is 16.3 Å². The Labute approximate surface area is 195 Å². The molecule has 0 radical (unpaired) electrons. The number of carbonyl (C=O) groups excluding carboxylic acids is 1. The molecule has 2 amide bonds. The smallest absolute Gasteiger partial charge is 0.319 e. The molecule has 1 aromatic heterocycles. The maximum Gasteiger partial charge on any atom is 0.319 e. The number of aryl methyl sites for hydroxylation is 1. The van der Waals surface area contributed by atoms with Crippen LogP contribution in [0.1, 0.15) is 29.2 Å². The van der Waals surface area contributed by atoms with Gasteiger partial charge in [0.05, 0.1) is 26.1 Å². The summed E-state index contributed by atoms with van der Waals surface area (Å²) in [5.74, 6) is -0.467. The minimum Gasteiger partial charge on any atom is -0.497 e. The van der Waals surface area contributed by atoms with Gasteiger partial charge >= 0.3 is 12.0 Å². The number of hydrogen-bond donors (Lipinski definition) is 3. The number of methoxy groups -OCH3 is 1. The summed E-state index contributed by atoms with van der Waals surface area (Å²) in [6.07, 6.45) is 1.30. The summed E-state index contributed by atoms with van der Waals surface area (Å²) in [4.78, 5) is 37.1. The molecule has 0 fully saturated rings. The molecule has 0 spiro atoms. The van der Waals surface area contributed by atoms with Gasteiger partial charge in [0.15, 0.2) is 0 Å². The molecule has 0 saturated heterocycles. The lowest BCUT2D eigenvalue weighted by Crippen LogP contribution is -2.36. The number of pyridine rings is 1. The predicted octanol–water partition coefficient (Wildman–Crippen LogP) is 4.20. The molecule has 0 aliphatic carbocycles. The average Bonchev–Trinajstić information content (AvgIpc) is 2.79. The summed E-state index contributed by atoms with van der Waals surface area (Å²) in [7, 11) is 1.52. The number of amides is 2. The fourth-order valence-corrected chi connectivity index (χ4v) is 3.52. The van der Waals surface area contributed by atoms with Crippen LogP contribution in [0.4, 0.5) is 10.5 Å². The Balaban J connectivity index is 1.80. The number of anilines is 1. The first-order chi connectivity index (χ1) is 15.8. The molecule has 3 rings (SSSR count). The number of rotatable bonds is 8. The van der Waals surface area contributed by atoms with E-state index in [1.165, 1.54) is 11.7 Å². The number of nitrogens with one attached hydrogen (secondary N) is 2. The maximum absolute atomic E-state index is 13.0. The molecule has 8 nitrogen and oxygen atoms in total. The fraction of sp³-hybridized carbons (Fsp3) is 0.208. The number of aromatic nitrogens is 1. The maximum atomic E-state index is 13.0. The zero-order chi connectivity index (χ0) is 24.0. The second-order valence-corrected chi connectivity index (χ2v) is 7.83. The van der Waals surface area contributed by atoms with Gasteiger partial charge in [0.25, 0.3) is 5.56 Å². The van der Waals surface area contributed by atoms with E-state index in [0.29, 0.717) is 21.9 Å². The van der Waals surface area contributed by atoms with Crippen LogP contribution in [-0.4, -0.2) is 28.8 Å². The molecule has 1 unspecified atom stereocenters. The van der Waals surface area contributed by atoms with Crippen molar-refractivity contribution in [3.63, 3.8) is 0 Å². The number of urea groups is 1. The first-order valence-electron chi connectivity index (χ1n) is 10.1. The van der Waals surface area contributed by atoms with Crippen LogP contribution in [0.3, 0.4) is 0 Å². The van der Waals surface area contributed by atoms with Crippen molar-refractivity contribution in [3.05, 3.63) is 92.9 Å². The second-order valence-electron chi connectivity index (χ2n) is 7.42. The first kappa shape index (κ1) is 23.9. The summed E-state index contributed by atoms with van der Waals surface area (Å²) >= 11 is 6.21. The van der Waals surface area contributed by atoms with Crippen molar-refractivity contribution in [3.8, 4) is 5.75 Å². The lowest BCUT2D eigenvalue weighted by molar-refractivity contribution is -0.137. The topological polar surface area (TPSA) is 110 Å². The number of carboxylic acid groups (broad SMARTS) is 1. The Bertz CT molecular complexity index is 1210. The number of nitrogens with zero attached hydrogens (tertiary/aromatic N) is 1. The van der Waals surface area contributed by atoms with Gasteiger partial charge in [0, 0.05) is 11.2 Å². The molecule has 172 valence electrons. The van der Waals surface area contributed by atoms with Crippen molar-refractivity contribution in [2.75, 3.05) is 12.4 Å². The summed E-state index contributed by atoms with van der Waals surface area (Å²) < 4.78 is 6.56. The lowest BCUT2D eigenvalue weighted by Gasteiger charge is -2.19. The summed E-state index contributed by atoms with van der Waals surface area (Å²) in [6, 6.07) is 14.1. The number of carboxylic acids is 1. The monoisotopic (exact) mass is 469 g/mol. The van der Waals surface area contributed by atoms with Gasteiger partial charge in [-0.25, -0.2) is 4.79 Å². The predicted molar refractivity (Wildman–Crippen MR) is 126 cm³/mol. The van der Waals surface area contributed by atoms with Crippen molar-refractivity contribution in [2.24, 2.45) is 0 Å². The van der Waals surface area contributed by atoms with Crippen molar-refractivity contribution in [2.45, 2.75) is 25.9 Å². The Hall–Kier alpha value is -3.78. The lowest BCUT2D eigenvalue weighted by atomic mass is 10.0. The average molecular weight is 470 g/mol. The molecule has 2 aromatic carbocycles. The van der Waals surface area contributed by atoms with Crippen molar-refractivity contribution >= 4 is 29.3 Å². The fourth-order valence-electron chi connectivity index (χ4n) is 3.32. The number of benzene rings is 2. The second kappa shape index (κ2) is 10.7. The third kappa shape index (κ3) is 6.14. The molecule has 0 aliphatic rings. The van der Waals surface area contributed by atoms with Gasteiger partial charge in [-0.05, 0) is 47.9 Å². The normalized spacial score (nSPS) is 11.5. The Morgan fingerprint density at radius 1 is 1.12 bits per heavy atom. The quantitative estimate of drug-likeness (QED) is 0.458. The molecule has 33 heavy (non-hydrogen) atoms. The highest BCUT2D eigenvalue weighted by Gasteiger charge is 2.20. The zero-order valence-corrected chi connectivity index (χ0v) is 18.9. The molecule has 3 N–H and O–H groups in total. The molecule has 3 aromatic rings. The number of ether oxygens (including phenoxy) is 1. The molecule has 0 saturated carbocycles. The van der Waals surface area contributed by atoms with Crippen LogP contribution in [0.2, 0.25) is 5.02 Å². The summed E-state index contributed by atoms with van der Waals surface area (Å²) in [6.45, 7) is 1.94. The summed E-state index contributed by atoms with van der Waals surface area (Å²) in [5, 5.41) is 15.0. The van der Waals surface area contributed by atoms with Crippen molar-refractivity contribution in [1.82, 2.24) is 9.88 Å². The SMILES string of the molecule is COc1ccc(C(CC(=O)O)NC(=O)Nc2c(C)ccn(Cc3ccccc3Cl)c2=O)cc1. The van der Waals surface area contributed by atoms with E-state index in [9.17, 15) is 19.5 Å². The van der Waals surface area contributed by atoms with Gasteiger partial charge in [0.2, 0.25) is 0 Å². The van der Waals surface area contributed by atoms with Gasteiger partial charge < -0.3 is 25.0 Å². The molecule has 1 heterocycles. The first-order valence-corrected chi connectivity index (χ1v) is 10.5. The number of carbonyl (C=O) groups is 2. The van der Waals surface area contributed by atoms with Crippen molar-refractivity contribution in [1.29, 1.82) is 0 Å². The van der Waals surface area contributed by atoms with E-state index >= 15 is 0 Å². The number of hydrogen-bond acceptors (Lipinski definition) is 4. The van der Waals surface area contributed by atoms with Gasteiger partial charge in [0.1, 0.15) is 11.4 Å². The molecule has 0 aliphatic heterocycles. The van der Waals surface area contributed by atoms with E-state index in [1.807, 2.05) is 12.1 Å². The van der Waals surface area contributed by atoms with Crippen LogP contribution in [0.5, 0.6) is 5.75 Å². The highest BCUT2D eigenvalue weighted by atomic mass is 35.5. The third-order valence-corrected chi connectivity index (χ3v) is 5.48. The van der Waals surface area contributed by atoms with Crippen molar-refractivity contribution < 1.29 is 19.4 Å². The minimum absolute atomic E-state index is 0.103. The largest absolute Gasteiger partial charge is 0.497 e. The van der Waals surface area contributed by atoms with Crippen LogP contribution < -0.4 is 20.9 Å². The van der Waals surface area contributed by atoms with Gasteiger partial charge in [-0.2, -0.15) is 0 Å². The highest BCUT2D eigenvalue weighted by Crippen LogP contribution is 2.21. The standard InChI is InChI=1S/C24H24ClN3O5/c1-15-11-12-28(14-17-5-3-4-6-19(17)25)23(31)22(15)27-24(32)26-20(13-21(29)30)16-7-9-18(33-2)10-8-16/h3-12,20H,13-14H2,1-2H3,(H,29,30)(H2,26,27,32). The highest BCUT2D eigenvalue weighted by molar-refractivity contribution is 6.31. The molecule has 9 heteroatoms. The van der Waals surface area contributed by atoms with Gasteiger partial charge in [-0.1, -0.05) is 41.9 Å². The van der Waals surface area contributed by atoms with Crippen LogP contribution in [-0.2, 0) is 11.3 Å². The van der Waals surface area contributed by atoms with E-state index in [0.717, 1.165) is 5.56 Å². The zero-order valence-electron chi connectivity index (χ0n) is 18.2. The van der Waals surface area contributed by atoms with Crippen LogP contribution in [0, 0.1) is 6.92 Å². The van der Waals surface area contributed by atoms with E-state index in [2.05, 4.69) is 10.6 Å². The van der Waals surface area contributed by atoms with Crippen LogP contribution in [0.15, 0.2) is 65.6 Å². The molecular formula is C24H24ClN3O5. The third-order valence-electron chi connectivity index (χ3n) is 5.11. The molecule has 0 bridgehead atoms. The minimum atomic E-state index is -1.07. The molecule has 1 atom stereocenters. The summed E-state index contributed by atoms with van der Waals surface area (Å²) in [5.41, 5.74) is 1.63.